The highest BCUT2D eigenvalue weighted by molar-refractivity contribution is 5.76. The number of hydrogen-bond donors (Lipinski definition) is 2. The Morgan fingerprint density at radius 3 is 2.60 bits per heavy atom. The fourth-order valence-electron chi connectivity index (χ4n) is 4.95. The molecule has 1 heterocycles. The summed E-state index contributed by atoms with van der Waals surface area (Å²) in [6, 6.07) is 9.50. The lowest BCUT2D eigenvalue weighted by Crippen LogP contribution is -2.47. The largest absolute Gasteiger partial charge is 0.369 e. The second kappa shape index (κ2) is 12.3. The van der Waals surface area contributed by atoms with Crippen LogP contribution in [0.15, 0.2) is 24.3 Å². The van der Waals surface area contributed by atoms with Gasteiger partial charge in [0.2, 0.25) is 5.91 Å². The van der Waals surface area contributed by atoms with E-state index in [9.17, 15) is 4.79 Å². The lowest BCUT2D eigenvalue weighted by Gasteiger charge is -2.37. The Bertz CT molecular complexity index is 634. The molecule has 0 atom stereocenters. The van der Waals surface area contributed by atoms with Crippen molar-refractivity contribution in [2.24, 2.45) is 11.7 Å². The van der Waals surface area contributed by atoms with E-state index >= 15 is 0 Å². The maximum Gasteiger partial charge on any atom is 0.220 e. The molecule has 1 aliphatic heterocycles. The van der Waals surface area contributed by atoms with Crippen LogP contribution >= 0.6 is 0 Å². The highest BCUT2D eigenvalue weighted by Crippen LogP contribution is 2.27. The summed E-state index contributed by atoms with van der Waals surface area (Å²) in [4.78, 5) is 17.1. The van der Waals surface area contributed by atoms with Gasteiger partial charge in [0, 0.05) is 44.3 Å². The molecule has 3 N–H and O–H groups in total. The molecule has 1 saturated heterocycles. The first-order chi connectivity index (χ1) is 14.7. The SMILES string of the molecule is CCCc1cccc(N2CCN(CC[C@H]3CC[C@H](NC(=O)CCCN)CC3)CC2)c1. The molecule has 0 bridgehead atoms. The van der Waals surface area contributed by atoms with E-state index in [0.29, 0.717) is 19.0 Å². The van der Waals surface area contributed by atoms with Crippen LogP contribution in [0.25, 0.3) is 0 Å². The summed E-state index contributed by atoms with van der Waals surface area (Å²) in [5.41, 5.74) is 8.35. The summed E-state index contributed by atoms with van der Waals surface area (Å²) in [5.74, 6) is 1.01. The van der Waals surface area contributed by atoms with Gasteiger partial charge in [-0.05, 0) is 81.6 Å². The Morgan fingerprint density at radius 2 is 1.90 bits per heavy atom. The summed E-state index contributed by atoms with van der Waals surface area (Å²) in [5, 5.41) is 3.20. The molecule has 3 rings (SSSR count). The molecule has 0 spiro atoms. The van der Waals surface area contributed by atoms with Crippen LogP contribution < -0.4 is 16.0 Å². The lowest BCUT2D eigenvalue weighted by atomic mass is 9.84. The number of amides is 1. The summed E-state index contributed by atoms with van der Waals surface area (Å²) < 4.78 is 0. The molecule has 1 aromatic rings. The van der Waals surface area contributed by atoms with Crippen molar-refractivity contribution in [2.45, 2.75) is 70.8 Å². The third-order valence-corrected chi connectivity index (χ3v) is 6.86. The van der Waals surface area contributed by atoms with E-state index in [0.717, 1.165) is 38.3 Å². The maximum absolute atomic E-state index is 11.9. The van der Waals surface area contributed by atoms with Crippen molar-refractivity contribution in [3.63, 3.8) is 0 Å². The molecule has 0 radical (unpaired) electrons. The molecule has 0 aromatic heterocycles. The fraction of sp³-hybridized carbons (Fsp3) is 0.720. The average molecular weight is 415 g/mol. The zero-order valence-electron chi connectivity index (χ0n) is 19.0. The number of carbonyl (C=O) groups excluding carboxylic acids is 1. The van der Waals surface area contributed by atoms with Crippen LogP contribution in [0.1, 0.15) is 63.9 Å². The van der Waals surface area contributed by atoms with Gasteiger partial charge in [-0.1, -0.05) is 25.5 Å². The van der Waals surface area contributed by atoms with Gasteiger partial charge in [0.15, 0.2) is 0 Å². The number of carbonyl (C=O) groups is 1. The van der Waals surface area contributed by atoms with Gasteiger partial charge in [-0.3, -0.25) is 9.69 Å². The molecule has 2 fully saturated rings. The molecular formula is C25H42N4O. The standard InChI is InChI=1S/C25H42N4O/c1-2-5-22-6-3-7-24(20-22)29-18-16-28(17-19-29)15-13-21-9-11-23(12-10-21)27-25(30)8-4-14-26/h3,6-7,20-21,23H,2,4-5,8-19,26H2,1H3,(H,27,30)/t21-,23-. The number of anilines is 1. The van der Waals surface area contributed by atoms with E-state index in [1.165, 1.54) is 63.0 Å². The summed E-state index contributed by atoms with van der Waals surface area (Å²) >= 11 is 0. The molecule has 30 heavy (non-hydrogen) atoms. The molecular weight excluding hydrogens is 372 g/mol. The zero-order valence-corrected chi connectivity index (χ0v) is 19.0. The summed E-state index contributed by atoms with van der Waals surface area (Å²) in [7, 11) is 0. The van der Waals surface area contributed by atoms with E-state index in [2.05, 4.69) is 46.3 Å². The zero-order chi connectivity index (χ0) is 21.2. The molecule has 1 amide bonds. The summed E-state index contributed by atoms with van der Waals surface area (Å²) in [6.07, 6.45) is 9.84. The predicted molar refractivity (Wildman–Crippen MR) is 126 cm³/mol. The Balaban J connectivity index is 1.32. The van der Waals surface area contributed by atoms with Crippen LogP contribution in [0.4, 0.5) is 5.69 Å². The topological polar surface area (TPSA) is 61.6 Å². The van der Waals surface area contributed by atoms with Crippen molar-refractivity contribution >= 4 is 11.6 Å². The Hall–Kier alpha value is -1.59. The van der Waals surface area contributed by atoms with Crippen LogP contribution in [0, 0.1) is 5.92 Å². The lowest BCUT2D eigenvalue weighted by molar-refractivity contribution is -0.122. The van der Waals surface area contributed by atoms with Crippen LogP contribution in [-0.2, 0) is 11.2 Å². The van der Waals surface area contributed by atoms with Crippen molar-refractivity contribution in [2.75, 3.05) is 44.2 Å². The first kappa shape index (κ1) is 23.1. The molecule has 1 saturated carbocycles. The highest BCUT2D eigenvalue weighted by atomic mass is 16.1. The van der Waals surface area contributed by atoms with E-state index in [1.807, 2.05) is 0 Å². The van der Waals surface area contributed by atoms with Gasteiger partial charge in [0.1, 0.15) is 0 Å². The number of aryl methyl sites for hydroxylation is 1. The second-order valence-electron chi connectivity index (χ2n) is 9.21. The molecule has 168 valence electrons. The van der Waals surface area contributed by atoms with E-state index < -0.39 is 0 Å². The van der Waals surface area contributed by atoms with Gasteiger partial charge >= 0.3 is 0 Å². The van der Waals surface area contributed by atoms with Crippen LogP contribution in [0.2, 0.25) is 0 Å². The van der Waals surface area contributed by atoms with Gasteiger partial charge in [-0.2, -0.15) is 0 Å². The summed E-state index contributed by atoms with van der Waals surface area (Å²) in [6.45, 7) is 8.68. The number of piperazine rings is 1. The van der Waals surface area contributed by atoms with Crippen LogP contribution in [0.3, 0.4) is 0 Å². The molecule has 0 unspecified atom stereocenters. The number of nitrogens with one attached hydrogen (secondary N) is 1. The molecule has 2 aliphatic rings. The Kier molecular flexibility index (Phi) is 9.47. The third kappa shape index (κ3) is 7.28. The predicted octanol–water partition coefficient (Wildman–Crippen LogP) is 3.57. The quantitative estimate of drug-likeness (QED) is 0.614. The number of benzene rings is 1. The molecule has 5 nitrogen and oxygen atoms in total. The van der Waals surface area contributed by atoms with Gasteiger partial charge in [-0.15, -0.1) is 0 Å². The fourth-order valence-corrected chi connectivity index (χ4v) is 4.95. The van der Waals surface area contributed by atoms with Crippen molar-refractivity contribution in [3.05, 3.63) is 29.8 Å². The van der Waals surface area contributed by atoms with Crippen LogP contribution in [0.5, 0.6) is 0 Å². The van der Waals surface area contributed by atoms with E-state index in [1.54, 1.807) is 0 Å². The van der Waals surface area contributed by atoms with Gasteiger partial charge in [0.05, 0.1) is 0 Å². The van der Waals surface area contributed by atoms with Crippen molar-refractivity contribution in [1.82, 2.24) is 10.2 Å². The monoisotopic (exact) mass is 414 g/mol. The van der Waals surface area contributed by atoms with Gasteiger partial charge in [-0.25, -0.2) is 0 Å². The van der Waals surface area contributed by atoms with Gasteiger partial charge < -0.3 is 16.0 Å². The Labute approximate surface area is 183 Å². The van der Waals surface area contributed by atoms with Crippen molar-refractivity contribution in [3.8, 4) is 0 Å². The molecule has 1 aliphatic carbocycles. The second-order valence-corrected chi connectivity index (χ2v) is 9.21. The minimum atomic E-state index is 0.182. The first-order valence-corrected chi connectivity index (χ1v) is 12.2. The first-order valence-electron chi connectivity index (χ1n) is 12.2. The third-order valence-electron chi connectivity index (χ3n) is 6.86. The minimum absolute atomic E-state index is 0.182. The Morgan fingerprint density at radius 1 is 1.13 bits per heavy atom. The van der Waals surface area contributed by atoms with Gasteiger partial charge in [0.25, 0.3) is 0 Å². The molecule has 1 aromatic carbocycles. The van der Waals surface area contributed by atoms with Crippen LogP contribution in [-0.4, -0.2) is 56.1 Å². The number of nitrogens with two attached hydrogens (primary N) is 1. The van der Waals surface area contributed by atoms with Crippen molar-refractivity contribution in [1.29, 1.82) is 0 Å². The number of hydrogen-bond acceptors (Lipinski definition) is 4. The van der Waals surface area contributed by atoms with E-state index in [-0.39, 0.29) is 5.91 Å². The van der Waals surface area contributed by atoms with Crippen molar-refractivity contribution < 1.29 is 4.79 Å². The number of rotatable bonds is 10. The highest BCUT2D eigenvalue weighted by Gasteiger charge is 2.24. The normalized spacial score (nSPS) is 22.8. The number of nitrogens with zero attached hydrogens (tertiary/aromatic N) is 2. The minimum Gasteiger partial charge on any atom is -0.369 e. The molecule has 5 heteroatoms. The maximum atomic E-state index is 11.9. The smallest absolute Gasteiger partial charge is 0.220 e. The van der Waals surface area contributed by atoms with E-state index in [4.69, 9.17) is 5.73 Å². The average Bonchev–Trinajstić information content (AvgIpc) is 2.78.